The second kappa shape index (κ2) is 7.49. The van der Waals surface area contributed by atoms with E-state index in [0.717, 1.165) is 16.7 Å². The van der Waals surface area contributed by atoms with Gasteiger partial charge < -0.3 is 0 Å². The molecule has 0 unspecified atom stereocenters. The minimum absolute atomic E-state index is 0.171. The van der Waals surface area contributed by atoms with Gasteiger partial charge >= 0.3 is 0 Å². The molecule has 2 aromatic carbocycles. The van der Waals surface area contributed by atoms with E-state index in [9.17, 15) is 9.59 Å². The fourth-order valence-corrected chi connectivity index (χ4v) is 2.38. The van der Waals surface area contributed by atoms with Crippen LogP contribution < -0.4 is 10.9 Å². The molecule has 2 rings (SSSR count). The van der Waals surface area contributed by atoms with Crippen molar-refractivity contribution in [2.75, 3.05) is 0 Å². The molecule has 2 amide bonds. The molecule has 0 aliphatic heterocycles. The van der Waals surface area contributed by atoms with Crippen LogP contribution >= 0.6 is 23.2 Å². The van der Waals surface area contributed by atoms with Crippen molar-refractivity contribution >= 4 is 35.0 Å². The van der Waals surface area contributed by atoms with E-state index >= 15 is 0 Å². The topological polar surface area (TPSA) is 58.2 Å². The molecule has 6 heteroatoms. The number of aryl methyl sites for hydroxylation is 2. The van der Waals surface area contributed by atoms with Crippen LogP contribution in [0.25, 0.3) is 0 Å². The van der Waals surface area contributed by atoms with E-state index in [1.807, 2.05) is 32.0 Å². The minimum Gasteiger partial charge on any atom is -0.273 e. The van der Waals surface area contributed by atoms with Crippen LogP contribution in [-0.4, -0.2) is 11.8 Å². The number of amides is 2. The van der Waals surface area contributed by atoms with E-state index in [2.05, 4.69) is 10.9 Å². The van der Waals surface area contributed by atoms with E-state index in [1.54, 1.807) is 6.07 Å². The number of hydrogen-bond acceptors (Lipinski definition) is 2. The third kappa shape index (κ3) is 4.71. The Kier molecular flexibility index (Phi) is 5.64. The van der Waals surface area contributed by atoms with Crippen molar-refractivity contribution in [2.45, 2.75) is 20.3 Å². The molecule has 2 aromatic rings. The molecule has 4 nitrogen and oxygen atoms in total. The summed E-state index contributed by atoms with van der Waals surface area (Å²) in [5.41, 5.74) is 8.06. The number of halogens is 2. The normalized spacial score (nSPS) is 10.3. The Bertz CT molecular complexity index is 760. The van der Waals surface area contributed by atoms with Crippen LogP contribution in [0.2, 0.25) is 10.0 Å². The largest absolute Gasteiger partial charge is 0.273 e. The van der Waals surface area contributed by atoms with Crippen molar-refractivity contribution in [3.8, 4) is 0 Å². The maximum absolute atomic E-state index is 12.0. The van der Waals surface area contributed by atoms with Gasteiger partial charge in [-0.3, -0.25) is 20.4 Å². The number of hydrazine groups is 1. The molecule has 120 valence electrons. The smallest absolute Gasteiger partial charge is 0.271 e. The van der Waals surface area contributed by atoms with Crippen molar-refractivity contribution in [2.24, 2.45) is 0 Å². The first-order valence-electron chi connectivity index (χ1n) is 6.97. The summed E-state index contributed by atoms with van der Waals surface area (Å²) in [6, 6.07) is 10.3. The van der Waals surface area contributed by atoms with E-state index in [4.69, 9.17) is 23.2 Å². The van der Waals surface area contributed by atoms with Crippen LogP contribution in [0.4, 0.5) is 0 Å². The monoisotopic (exact) mass is 350 g/mol. The lowest BCUT2D eigenvalue weighted by Crippen LogP contribution is -2.42. The SMILES string of the molecule is Cc1ccc(CC(=O)NNC(=O)c2cc(Cl)ccc2Cl)cc1C. The molecule has 2 N–H and O–H groups in total. The molecule has 0 fully saturated rings. The van der Waals surface area contributed by atoms with E-state index < -0.39 is 5.91 Å². The summed E-state index contributed by atoms with van der Waals surface area (Å²) in [7, 11) is 0. The number of hydrogen-bond donors (Lipinski definition) is 2. The first-order chi connectivity index (χ1) is 10.9. The third-order valence-corrected chi connectivity index (χ3v) is 3.99. The van der Waals surface area contributed by atoms with E-state index in [1.165, 1.54) is 12.1 Å². The summed E-state index contributed by atoms with van der Waals surface area (Å²) in [6.07, 6.45) is 0.171. The Labute approximate surface area is 144 Å². The van der Waals surface area contributed by atoms with Crippen LogP contribution in [-0.2, 0) is 11.2 Å². The molecule has 23 heavy (non-hydrogen) atoms. The lowest BCUT2D eigenvalue weighted by molar-refractivity contribution is -0.121. The summed E-state index contributed by atoms with van der Waals surface area (Å²) in [6.45, 7) is 3.99. The predicted octanol–water partition coefficient (Wildman–Crippen LogP) is 3.61. The number of carbonyl (C=O) groups is 2. The summed E-state index contributed by atoms with van der Waals surface area (Å²) in [4.78, 5) is 23.9. The lowest BCUT2D eigenvalue weighted by atomic mass is 10.0. The third-order valence-electron chi connectivity index (χ3n) is 3.42. The highest BCUT2D eigenvalue weighted by molar-refractivity contribution is 6.35. The molecule has 0 radical (unpaired) electrons. The number of carbonyl (C=O) groups excluding carboxylic acids is 2. The van der Waals surface area contributed by atoms with Gasteiger partial charge in [-0.25, -0.2) is 0 Å². The molecule has 0 atom stereocenters. The van der Waals surface area contributed by atoms with Crippen LogP contribution in [0, 0.1) is 13.8 Å². The zero-order chi connectivity index (χ0) is 17.0. The average Bonchev–Trinajstić information content (AvgIpc) is 2.51. The van der Waals surface area contributed by atoms with Crippen LogP contribution in [0.1, 0.15) is 27.0 Å². The van der Waals surface area contributed by atoms with Gasteiger partial charge in [0.15, 0.2) is 0 Å². The molecule has 0 heterocycles. The quantitative estimate of drug-likeness (QED) is 0.830. The molecule has 0 aromatic heterocycles. The Morgan fingerprint density at radius 2 is 1.70 bits per heavy atom. The molecule has 0 saturated carbocycles. The molecule has 0 saturated heterocycles. The van der Waals surface area contributed by atoms with Gasteiger partial charge in [-0.05, 0) is 48.7 Å². The van der Waals surface area contributed by atoms with Gasteiger partial charge in [0.2, 0.25) is 5.91 Å². The van der Waals surface area contributed by atoms with Crippen molar-refractivity contribution in [1.82, 2.24) is 10.9 Å². The van der Waals surface area contributed by atoms with Gasteiger partial charge in [-0.1, -0.05) is 41.4 Å². The fourth-order valence-electron chi connectivity index (χ4n) is 2.01. The average molecular weight is 351 g/mol. The van der Waals surface area contributed by atoms with Crippen LogP contribution in [0.3, 0.4) is 0 Å². The first-order valence-corrected chi connectivity index (χ1v) is 7.73. The summed E-state index contributed by atoms with van der Waals surface area (Å²) < 4.78 is 0. The van der Waals surface area contributed by atoms with Crippen molar-refractivity contribution in [1.29, 1.82) is 0 Å². The fraction of sp³-hybridized carbons (Fsp3) is 0.176. The summed E-state index contributed by atoms with van der Waals surface area (Å²) in [5.74, 6) is -0.842. The molecule has 0 bridgehead atoms. The number of benzene rings is 2. The zero-order valence-corrected chi connectivity index (χ0v) is 14.3. The maximum atomic E-state index is 12.0. The highest BCUT2D eigenvalue weighted by Gasteiger charge is 2.12. The highest BCUT2D eigenvalue weighted by atomic mass is 35.5. The zero-order valence-electron chi connectivity index (χ0n) is 12.7. The molecular formula is C17H16Cl2N2O2. The molecule has 0 aliphatic rings. The van der Waals surface area contributed by atoms with Crippen LogP contribution in [0.5, 0.6) is 0 Å². The van der Waals surface area contributed by atoms with E-state index in [-0.39, 0.29) is 22.9 Å². The maximum Gasteiger partial charge on any atom is 0.271 e. The highest BCUT2D eigenvalue weighted by Crippen LogP contribution is 2.20. The second-order valence-electron chi connectivity index (χ2n) is 5.22. The lowest BCUT2D eigenvalue weighted by Gasteiger charge is -2.09. The standard InChI is InChI=1S/C17H16Cl2N2O2/c1-10-3-4-12(7-11(10)2)8-16(22)20-21-17(23)14-9-13(18)5-6-15(14)19/h3-7,9H,8H2,1-2H3,(H,20,22)(H,21,23). The van der Waals surface area contributed by atoms with Crippen molar-refractivity contribution < 1.29 is 9.59 Å². The Hall–Kier alpha value is -2.04. The Morgan fingerprint density at radius 3 is 2.39 bits per heavy atom. The Morgan fingerprint density at radius 1 is 0.957 bits per heavy atom. The van der Waals surface area contributed by atoms with Crippen molar-refractivity contribution in [3.05, 3.63) is 68.7 Å². The van der Waals surface area contributed by atoms with Gasteiger partial charge in [0, 0.05) is 5.02 Å². The molecular weight excluding hydrogens is 335 g/mol. The first kappa shape index (κ1) is 17.3. The Balaban J connectivity index is 1.94. The molecule has 0 aliphatic carbocycles. The van der Waals surface area contributed by atoms with Gasteiger partial charge in [0.25, 0.3) is 5.91 Å². The summed E-state index contributed by atoms with van der Waals surface area (Å²) >= 11 is 11.8. The summed E-state index contributed by atoms with van der Waals surface area (Å²) in [5, 5.41) is 0.649. The van der Waals surface area contributed by atoms with Crippen LogP contribution in [0.15, 0.2) is 36.4 Å². The number of rotatable bonds is 3. The van der Waals surface area contributed by atoms with E-state index in [0.29, 0.717) is 5.02 Å². The van der Waals surface area contributed by atoms with Gasteiger partial charge in [-0.15, -0.1) is 0 Å². The second-order valence-corrected chi connectivity index (χ2v) is 6.07. The van der Waals surface area contributed by atoms with Gasteiger partial charge in [-0.2, -0.15) is 0 Å². The molecule has 0 spiro atoms. The van der Waals surface area contributed by atoms with Crippen molar-refractivity contribution in [3.63, 3.8) is 0 Å². The van der Waals surface area contributed by atoms with Gasteiger partial charge in [0.1, 0.15) is 0 Å². The predicted molar refractivity (Wildman–Crippen MR) is 91.7 cm³/mol. The van der Waals surface area contributed by atoms with Gasteiger partial charge in [0.05, 0.1) is 17.0 Å². The minimum atomic E-state index is -0.522. The number of nitrogens with one attached hydrogen (secondary N) is 2.